The Morgan fingerprint density at radius 1 is 0.960 bits per heavy atom. The molecule has 0 saturated heterocycles. The predicted molar refractivity (Wildman–Crippen MR) is 187 cm³/mol. The van der Waals surface area contributed by atoms with Crippen LogP contribution in [0.25, 0.3) is 11.1 Å². The van der Waals surface area contributed by atoms with E-state index < -0.39 is 41.0 Å². The number of ether oxygens (including phenoxy) is 1. The van der Waals surface area contributed by atoms with Crippen LogP contribution in [-0.2, 0) is 20.7 Å². The fourth-order valence-electron chi connectivity index (χ4n) is 5.69. The number of anilines is 1. The van der Waals surface area contributed by atoms with Crippen LogP contribution >= 0.6 is 0 Å². The largest absolute Gasteiger partial charge is 0.478 e. The number of alkyl carbamates (subject to hydrolysis) is 1. The van der Waals surface area contributed by atoms with Gasteiger partial charge in [0.05, 0.1) is 5.56 Å². The van der Waals surface area contributed by atoms with Crippen molar-refractivity contribution in [1.29, 1.82) is 0 Å². The highest BCUT2D eigenvalue weighted by molar-refractivity contribution is 6.00. The van der Waals surface area contributed by atoms with Crippen molar-refractivity contribution >= 4 is 35.4 Å². The molecule has 0 aromatic heterocycles. The van der Waals surface area contributed by atoms with E-state index in [1.165, 1.54) is 12.1 Å². The molecule has 50 heavy (non-hydrogen) atoms. The molecule has 0 aliphatic heterocycles. The monoisotopic (exact) mass is 689 g/mol. The molecule has 1 fully saturated rings. The average Bonchev–Trinajstić information content (AvgIpc) is 3.07. The number of amidine groups is 1. The van der Waals surface area contributed by atoms with E-state index in [0.29, 0.717) is 41.8 Å². The van der Waals surface area contributed by atoms with Crippen LogP contribution in [-0.4, -0.2) is 53.0 Å². The van der Waals surface area contributed by atoms with Crippen LogP contribution < -0.4 is 33.1 Å². The summed E-state index contributed by atoms with van der Waals surface area (Å²) in [5, 5.41) is 21.7. The first kappa shape index (κ1) is 37.3. The molecule has 3 aromatic carbocycles. The van der Waals surface area contributed by atoms with Gasteiger partial charge in [0.15, 0.2) is 5.84 Å². The first-order chi connectivity index (χ1) is 23.7. The SMILES string of the molecule is CC(C)(C)OC(=O)NCC1CCC(C(=O)N[C@@H](Cc2ccc(-c3ccc(F)c(C(=O)O)c3)cc2)C(=O)Nc2ccc(/C(N)=N/NN)cc2)CC1. The molecule has 13 nitrogen and oxygen atoms in total. The number of nitrogens with two attached hydrogens (primary N) is 2. The van der Waals surface area contributed by atoms with Crippen LogP contribution in [0.1, 0.15) is 67.9 Å². The number of nitrogens with one attached hydrogen (secondary N) is 4. The molecule has 3 aromatic rings. The smallest absolute Gasteiger partial charge is 0.407 e. The van der Waals surface area contributed by atoms with Crippen LogP contribution in [0.3, 0.4) is 0 Å². The number of hydrogen-bond donors (Lipinski definition) is 7. The van der Waals surface area contributed by atoms with Gasteiger partial charge in [-0.3, -0.25) is 9.59 Å². The highest BCUT2D eigenvalue weighted by atomic mass is 19.1. The van der Waals surface area contributed by atoms with E-state index in [4.69, 9.17) is 16.3 Å². The summed E-state index contributed by atoms with van der Waals surface area (Å²) in [5.41, 5.74) is 9.94. The molecule has 1 atom stereocenters. The van der Waals surface area contributed by atoms with Crippen LogP contribution in [0.4, 0.5) is 14.9 Å². The minimum Gasteiger partial charge on any atom is -0.478 e. The number of hydrogen-bond acceptors (Lipinski definition) is 8. The predicted octanol–water partition coefficient (Wildman–Crippen LogP) is 4.27. The maximum Gasteiger partial charge on any atom is 0.407 e. The highest BCUT2D eigenvalue weighted by Crippen LogP contribution is 2.29. The third-order valence-electron chi connectivity index (χ3n) is 8.34. The minimum absolute atomic E-state index is 0.161. The summed E-state index contributed by atoms with van der Waals surface area (Å²) < 4.78 is 19.3. The number of carboxylic acids is 1. The van der Waals surface area contributed by atoms with Gasteiger partial charge in [-0.05, 0) is 105 Å². The second kappa shape index (κ2) is 16.7. The lowest BCUT2D eigenvalue weighted by atomic mass is 9.81. The van der Waals surface area contributed by atoms with E-state index >= 15 is 0 Å². The van der Waals surface area contributed by atoms with Gasteiger partial charge in [0.2, 0.25) is 11.8 Å². The lowest BCUT2D eigenvalue weighted by Crippen LogP contribution is -2.48. The van der Waals surface area contributed by atoms with Gasteiger partial charge < -0.3 is 31.5 Å². The number of aromatic carboxylic acids is 1. The number of hydrazone groups is 1. The van der Waals surface area contributed by atoms with Crippen molar-refractivity contribution in [2.45, 2.75) is 64.5 Å². The number of amides is 3. The number of carboxylic acid groups (broad SMARTS) is 1. The molecule has 1 aliphatic carbocycles. The van der Waals surface area contributed by atoms with Crippen molar-refractivity contribution in [3.8, 4) is 11.1 Å². The van der Waals surface area contributed by atoms with Gasteiger partial charge in [0, 0.05) is 30.1 Å². The molecule has 0 radical (unpaired) electrons. The Balaban J connectivity index is 1.45. The van der Waals surface area contributed by atoms with Crippen molar-refractivity contribution in [1.82, 2.24) is 16.2 Å². The Kier molecular flexibility index (Phi) is 12.5. The number of carbonyl (C=O) groups is 4. The fraction of sp³-hybridized carbons (Fsp3) is 0.361. The standard InChI is InChI=1S/C36H44FN7O6/c1-36(2,3)50-35(49)40-20-22-6-10-25(11-7-22)32(45)42-30(33(46)41-27-15-12-24(13-16-27)31(38)43-44-39)18-21-4-8-23(9-5-21)26-14-17-29(37)28(19-26)34(47)48/h4-5,8-9,12-17,19,22,25,30,44H,6-7,10-11,18,20,39H2,1-3H3,(H2,38,43)(H,40,49)(H,41,46)(H,42,45)(H,47,48)/t22?,25?,30-/m0/s1. The van der Waals surface area contributed by atoms with Gasteiger partial charge >= 0.3 is 12.1 Å². The van der Waals surface area contributed by atoms with E-state index in [9.17, 15) is 28.7 Å². The second-order valence-electron chi connectivity index (χ2n) is 13.3. The Labute approximate surface area is 290 Å². The van der Waals surface area contributed by atoms with E-state index in [1.807, 2.05) is 0 Å². The first-order valence-corrected chi connectivity index (χ1v) is 16.3. The molecule has 0 spiro atoms. The zero-order valence-electron chi connectivity index (χ0n) is 28.3. The summed E-state index contributed by atoms with van der Waals surface area (Å²) in [6.07, 6.45) is 2.37. The van der Waals surface area contributed by atoms with Gasteiger partial charge in [-0.1, -0.05) is 30.3 Å². The topological polar surface area (TPSA) is 210 Å². The van der Waals surface area contributed by atoms with E-state index in [2.05, 4.69) is 26.6 Å². The average molecular weight is 690 g/mol. The minimum atomic E-state index is -1.37. The zero-order chi connectivity index (χ0) is 36.4. The van der Waals surface area contributed by atoms with Crippen molar-refractivity contribution in [3.05, 3.63) is 89.2 Å². The molecule has 14 heteroatoms. The second-order valence-corrected chi connectivity index (χ2v) is 13.3. The summed E-state index contributed by atoms with van der Waals surface area (Å²) >= 11 is 0. The quantitative estimate of drug-likeness (QED) is 0.0626. The summed E-state index contributed by atoms with van der Waals surface area (Å²) in [5.74, 6) is 2.41. The molecular weight excluding hydrogens is 645 g/mol. The Hall–Kier alpha value is -5.50. The number of rotatable bonds is 12. The van der Waals surface area contributed by atoms with E-state index in [-0.39, 0.29) is 30.0 Å². The normalized spacial score (nSPS) is 16.9. The van der Waals surface area contributed by atoms with Crippen molar-refractivity contribution in [3.63, 3.8) is 0 Å². The lowest BCUT2D eigenvalue weighted by molar-refractivity contribution is -0.130. The van der Waals surface area contributed by atoms with Crippen molar-refractivity contribution in [2.75, 3.05) is 11.9 Å². The number of halogens is 1. The Bertz CT molecular complexity index is 1700. The summed E-state index contributed by atoms with van der Waals surface area (Å²) in [4.78, 5) is 50.6. The van der Waals surface area contributed by atoms with Crippen LogP contribution in [0.2, 0.25) is 0 Å². The van der Waals surface area contributed by atoms with Gasteiger partial charge in [-0.25, -0.2) is 25.4 Å². The van der Waals surface area contributed by atoms with Crippen LogP contribution in [0.15, 0.2) is 71.8 Å². The van der Waals surface area contributed by atoms with Crippen LogP contribution in [0, 0.1) is 17.7 Å². The molecule has 0 unspecified atom stereocenters. The Morgan fingerprint density at radius 2 is 1.60 bits per heavy atom. The molecule has 4 rings (SSSR count). The highest BCUT2D eigenvalue weighted by Gasteiger charge is 2.30. The van der Waals surface area contributed by atoms with Gasteiger partial charge in [-0.15, -0.1) is 5.10 Å². The van der Waals surface area contributed by atoms with Crippen molar-refractivity contribution < 1.29 is 33.4 Å². The number of benzene rings is 3. The maximum absolute atomic E-state index is 13.9. The zero-order valence-corrected chi connectivity index (χ0v) is 28.3. The fourth-order valence-corrected chi connectivity index (χ4v) is 5.69. The molecule has 0 bridgehead atoms. The van der Waals surface area contributed by atoms with E-state index in [1.54, 1.807) is 69.3 Å². The van der Waals surface area contributed by atoms with Gasteiger partial charge in [-0.2, -0.15) is 0 Å². The molecular formula is C36H44FN7O6. The lowest BCUT2D eigenvalue weighted by Gasteiger charge is -2.29. The molecule has 266 valence electrons. The Morgan fingerprint density at radius 3 is 2.20 bits per heavy atom. The summed E-state index contributed by atoms with van der Waals surface area (Å²) in [7, 11) is 0. The summed E-state index contributed by atoms with van der Waals surface area (Å²) in [6, 6.07) is 16.6. The molecule has 1 aliphatic rings. The third-order valence-corrected chi connectivity index (χ3v) is 8.34. The maximum atomic E-state index is 13.9. The molecule has 0 heterocycles. The van der Waals surface area contributed by atoms with Crippen molar-refractivity contribution in [2.24, 2.45) is 28.5 Å². The number of hydrazine groups is 1. The van der Waals surface area contributed by atoms with Gasteiger partial charge in [0.1, 0.15) is 17.5 Å². The molecule has 1 saturated carbocycles. The number of carbonyl (C=O) groups excluding carboxylic acids is 3. The van der Waals surface area contributed by atoms with E-state index in [0.717, 1.165) is 24.5 Å². The molecule has 9 N–H and O–H groups in total. The molecule has 3 amide bonds. The van der Waals surface area contributed by atoms with Crippen LogP contribution in [0.5, 0.6) is 0 Å². The number of nitrogens with zero attached hydrogens (tertiary/aromatic N) is 1. The summed E-state index contributed by atoms with van der Waals surface area (Å²) in [6.45, 7) is 5.86. The first-order valence-electron chi connectivity index (χ1n) is 16.3. The van der Waals surface area contributed by atoms with Gasteiger partial charge in [0.25, 0.3) is 0 Å². The third kappa shape index (κ3) is 10.8.